The van der Waals surface area contributed by atoms with E-state index in [4.69, 9.17) is 0 Å². The highest BCUT2D eigenvalue weighted by atomic mass is 79.9. The van der Waals surface area contributed by atoms with Crippen molar-refractivity contribution in [2.75, 3.05) is 0 Å². The van der Waals surface area contributed by atoms with Gasteiger partial charge in [-0.3, -0.25) is 0 Å². The summed E-state index contributed by atoms with van der Waals surface area (Å²) in [5.74, 6) is 0. The fourth-order valence-corrected chi connectivity index (χ4v) is 3.68. The number of fused-ring (bicyclic) bond motifs is 3. The van der Waals surface area contributed by atoms with Crippen LogP contribution in [0.4, 0.5) is 0 Å². The number of hydrogen-bond acceptors (Lipinski definition) is 1. The largest absolute Gasteiger partial charge is 0.301 e. The number of rotatable bonds is 1. The van der Waals surface area contributed by atoms with E-state index in [9.17, 15) is 0 Å². The topological polar surface area (TPSA) is 4.93 Å². The Bertz CT molecular complexity index is 874. The van der Waals surface area contributed by atoms with Crippen molar-refractivity contribution in [2.45, 2.75) is 0 Å². The molecule has 4 rings (SSSR count). The van der Waals surface area contributed by atoms with Crippen LogP contribution >= 0.6 is 27.3 Å². The van der Waals surface area contributed by atoms with E-state index >= 15 is 0 Å². The van der Waals surface area contributed by atoms with Crippen molar-refractivity contribution < 1.29 is 0 Å². The van der Waals surface area contributed by atoms with E-state index in [1.165, 1.54) is 26.8 Å². The van der Waals surface area contributed by atoms with Gasteiger partial charge in [0.25, 0.3) is 0 Å². The minimum absolute atomic E-state index is 1.11. The maximum atomic E-state index is 3.58. The third-order valence-corrected chi connectivity index (χ3v) is 4.71. The molecule has 1 nitrogen and oxygen atoms in total. The lowest BCUT2D eigenvalue weighted by Crippen LogP contribution is -1.89. The van der Waals surface area contributed by atoms with Crippen LogP contribution in [0.25, 0.3) is 26.8 Å². The van der Waals surface area contributed by atoms with Crippen molar-refractivity contribution in [1.29, 1.82) is 0 Å². The summed E-state index contributed by atoms with van der Waals surface area (Å²) in [4.78, 5) is 0. The third kappa shape index (κ3) is 1.66. The van der Waals surface area contributed by atoms with Crippen LogP contribution in [0.2, 0.25) is 0 Å². The molecule has 0 N–H and O–H groups in total. The molecule has 0 radical (unpaired) electrons. The number of benzene rings is 2. The van der Waals surface area contributed by atoms with Crippen molar-refractivity contribution in [3.63, 3.8) is 0 Å². The van der Waals surface area contributed by atoms with Gasteiger partial charge in [0, 0.05) is 15.2 Å². The summed E-state index contributed by atoms with van der Waals surface area (Å²) in [6.07, 6.45) is 0. The number of aromatic nitrogens is 1. The van der Waals surface area contributed by atoms with Crippen LogP contribution in [-0.4, -0.2) is 4.57 Å². The Morgan fingerprint density at radius 2 is 1.68 bits per heavy atom. The second-order valence-corrected chi connectivity index (χ2v) is 6.31. The van der Waals surface area contributed by atoms with Crippen LogP contribution < -0.4 is 0 Å². The van der Waals surface area contributed by atoms with E-state index in [-0.39, 0.29) is 0 Å². The van der Waals surface area contributed by atoms with Crippen molar-refractivity contribution in [3.05, 3.63) is 64.5 Å². The molecule has 0 aliphatic carbocycles. The van der Waals surface area contributed by atoms with Gasteiger partial charge in [-0.25, -0.2) is 0 Å². The van der Waals surface area contributed by atoms with E-state index in [1.807, 2.05) is 0 Å². The predicted molar refractivity (Wildman–Crippen MR) is 86.4 cm³/mol. The predicted octanol–water partition coefficient (Wildman–Crippen LogP) is 5.61. The maximum absolute atomic E-state index is 3.58. The number of thiophene rings is 1. The Labute approximate surface area is 123 Å². The lowest BCUT2D eigenvalue weighted by atomic mass is 10.2. The highest BCUT2D eigenvalue weighted by molar-refractivity contribution is 9.10. The molecule has 2 aromatic heterocycles. The van der Waals surface area contributed by atoms with Gasteiger partial charge in [0.2, 0.25) is 0 Å². The molecule has 4 aromatic rings. The Hall–Kier alpha value is -1.58. The Balaban J connectivity index is 2.27. The van der Waals surface area contributed by atoms with Crippen LogP contribution in [0, 0.1) is 0 Å². The zero-order chi connectivity index (χ0) is 12.8. The lowest BCUT2D eigenvalue weighted by Gasteiger charge is -2.03. The summed E-state index contributed by atoms with van der Waals surface area (Å²) in [7, 11) is 0. The second kappa shape index (κ2) is 4.22. The summed E-state index contributed by atoms with van der Waals surface area (Å²) in [6.45, 7) is 0. The molecule has 0 spiro atoms. The second-order valence-electron chi connectivity index (χ2n) is 4.47. The molecule has 0 atom stereocenters. The molecule has 0 aliphatic rings. The lowest BCUT2D eigenvalue weighted by molar-refractivity contribution is 1.22. The molecule has 2 heterocycles. The van der Waals surface area contributed by atoms with Gasteiger partial charge >= 0.3 is 0 Å². The standard InChI is InChI=1S/C16H10BrNS/c17-11-7-8-13-12-4-1-2-5-14(12)18(15(13)10-11)16-6-3-9-19-16/h1-10H. The molecule has 0 fully saturated rings. The molecule has 19 heavy (non-hydrogen) atoms. The zero-order valence-electron chi connectivity index (χ0n) is 10.0. The molecule has 0 aliphatic heterocycles. The van der Waals surface area contributed by atoms with Crippen LogP contribution in [0.1, 0.15) is 0 Å². The van der Waals surface area contributed by atoms with E-state index in [1.54, 1.807) is 11.3 Å². The van der Waals surface area contributed by atoms with Gasteiger partial charge in [-0.2, -0.15) is 0 Å². The van der Waals surface area contributed by atoms with Crippen molar-refractivity contribution in [1.82, 2.24) is 4.57 Å². The average molecular weight is 328 g/mol. The Morgan fingerprint density at radius 1 is 0.842 bits per heavy atom. The smallest absolute Gasteiger partial charge is 0.0999 e. The van der Waals surface area contributed by atoms with Crippen molar-refractivity contribution in [2.24, 2.45) is 0 Å². The van der Waals surface area contributed by atoms with Gasteiger partial charge in [0.15, 0.2) is 0 Å². The fraction of sp³-hybridized carbons (Fsp3) is 0. The molecule has 92 valence electrons. The highest BCUT2D eigenvalue weighted by Gasteiger charge is 2.12. The summed E-state index contributed by atoms with van der Waals surface area (Å²) in [5, 5.41) is 5.98. The van der Waals surface area contributed by atoms with E-state index in [0.717, 1.165) is 4.47 Å². The molecule has 2 aromatic carbocycles. The van der Waals surface area contributed by atoms with Gasteiger partial charge in [-0.05, 0) is 35.7 Å². The molecule has 3 heteroatoms. The average Bonchev–Trinajstić information content (AvgIpc) is 3.03. The SMILES string of the molecule is Brc1ccc2c3ccccc3n(-c3cccs3)c2c1. The number of hydrogen-bond donors (Lipinski definition) is 0. The summed E-state index contributed by atoms with van der Waals surface area (Å²) in [5.41, 5.74) is 2.51. The third-order valence-electron chi connectivity index (χ3n) is 3.36. The number of halogens is 1. The minimum atomic E-state index is 1.11. The van der Waals surface area contributed by atoms with E-state index < -0.39 is 0 Å². The molecule has 0 unspecified atom stereocenters. The van der Waals surface area contributed by atoms with Crippen LogP contribution in [0.3, 0.4) is 0 Å². The first-order valence-electron chi connectivity index (χ1n) is 6.07. The summed E-state index contributed by atoms with van der Waals surface area (Å²) in [6, 6.07) is 19.3. The Morgan fingerprint density at radius 3 is 2.53 bits per heavy atom. The monoisotopic (exact) mass is 327 g/mol. The first-order chi connectivity index (χ1) is 9.34. The van der Waals surface area contributed by atoms with E-state index in [2.05, 4.69) is 80.5 Å². The van der Waals surface area contributed by atoms with Crippen LogP contribution in [-0.2, 0) is 0 Å². The van der Waals surface area contributed by atoms with E-state index in [0.29, 0.717) is 0 Å². The Kier molecular flexibility index (Phi) is 2.50. The van der Waals surface area contributed by atoms with Crippen molar-refractivity contribution >= 4 is 49.1 Å². The number of para-hydroxylation sites is 1. The molecule has 0 amide bonds. The quantitative estimate of drug-likeness (QED) is 0.428. The molecule has 0 saturated carbocycles. The maximum Gasteiger partial charge on any atom is 0.0999 e. The van der Waals surface area contributed by atoms with Crippen molar-refractivity contribution in [3.8, 4) is 5.00 Å². The van der Waals surface area contributed by atoms with Gasteiger partial charge < -0.3 is 4.57 Å². The van der Waals surface area contributed by atoms with Gasteiger partial charge in [0.1, 0.15) is 0 Å². The molecule has 0 bridgehead atoms. The van der Waals surface area contributed by atoms with Gasteiger partial charge in [-0.15, -0.1) is 11.3 Å². The summed E-state index contributed by atoms with van der Waals surface area (Å²) < 4.78 is 3.45. The fourth-order valence-electron chi connectivity index (χ4n) is 2.58. The minimum Gasteiger partial charge on any atom is -0.301 e. The first kappa shape index (κ1) is 11.3. The zero-order valence-corrected chi connectivity index (χ0v) is 12.4. The number of nitrogens with zero attached hydrogens (tertiary/aromatic N) is 1. The summed E-state index contributed by atoms with van der Waals surface area (Å²) >= 11 is 5.34. The first-order valence-corrected chi connectivity index (χ1v) is 7.74. The normalized spacial score (nSPS) is 11.4. The van der Waals surface area contributed by atoms with Gasteiger partial charge in [-0.1, -0.05) is 40.2 Å². The molecule has 0 saturated heterocycles. The van der Waals surface area contributed by atoms with Crippen LogP contribution in [0.5, 0.6) is 0 Å². The highest BCUT2D eigenvalue weighted by Crippen LogP contribution is 2.34. The van der Waals surface area contributed by atoms with Gasteiger partial charge in [0.05, 0.1) is 16.0 Å². The van der Waals surface area contributed by atoms with Crippen LogP contribution in [0.15, 0.2) is 64.5 Å². The molecular weight excluding hydrogens is 318 g/mol. The molecular formula is C16H10BrNS.